The fourth-order valence-electron chi connectivity index (χ4n) is 6.56. The molecule has 0 radical (unpaired) electrons. The number of rotatable bonds is 6. The fraction of sp³-hybridized carbons (Fsp3) is 0.500. The van der Waals surface area contributed by atoms with Crippen LogP contribution in [0.15, 0.2) is 60.7 Å². The summed E-state index contributed by atoms with van der Waals surface area (Å²) in [5, 5.41) is 3.00. The summed E-state index contributed by atoms with van der Waals surface area (Å²) in [6.07, 6.45) is 7.05. The van der Waals surface area contributed by atoms with E-state index < -0.39 is 0 Å². The summed E-state index contributed by atoms with van der Waals surface area (Å²) >= 11 is 0. The molecule has 3 heterocycles. The van der Waals surface area contributed by atoms with Crippen molar-refractivity contribution in [3.63, 3.8) is 0 Å². The molecule has 2 aromatic rings. The van der Waals surface area contributed by atoms with Crippen LogP contribution in [-0.4, -0.2) is 53.3 Å². The van der Waals surface area contributed by atoms with E-state index in [4.69, 9.17) is 0 Å². The molecule has 3 saturated heterocycles. The van der Waals surface area contributed by atoms with Gasteiger partial charge in [0.2, 0.25) is 5.91 Å². The van der Waals surface area contributed by atoms with Gasteiger partial charge in [0.25, 0.3) is 5.91 Å². The molecule has 3 aliphatic rings. The van der Waals surface area contributed by atoms with Crippen molar-refractivity contribution >= 4 is 17.5 Å². The van der Waals surface area contributed by atoms with Crippen LogP contribution in [0.5, 0.6) is 0 Å². The molecule has 0 saturated carbocycles. The first-order valence-electron chi connectivity index (χ1n) is 12.7. The number of carbonyl (C=O) groups is 2. The van der Waals surface area contributed by atoms with Crippen molar-refractivity contribution in [2.75, 3.05) is 25.0 Å². The maximum atomic E-state index is 13.6. The van der Waals surface area contributed by atoms with Crippen LogP contribution in [0.2, 0.25) is 0 Å². The minimum atomic E-state index is 0.0544. The van der Waals surface area contributed by atoms with Gasteiger partial charge in [0.1, 0.15) is 0 Å². The zero-order chi connectivity index (χ0) is 22.6. The minimum Gasteiger partial charge on any atom is -0.335 e. The van der Waals surface area contributed by atoms with Crippen molar-refractivity contribution in [3.8, 4) is 0 Å². The van der Waals surface area contributed by atoms with Gasteiger partial charge in [-0.05, 0) is 87.7 Å². The van der Waals surface area contributed by atoms with Crippen molar-refractivity contribution in [2.24, 2.45) is 11.8 Å². The first kappa shape index (κ1) is 22.1. The normalized spacial score (nSPS) is 27.0. The highest BCUT2D eigenvalue weighted by Gasteiger charge is 2.49. The maximum absolute atomic E-state index is 13.6. The highest BCUT2D eigenvalue weighted by Crippen LogP contribution is 2.43. The van der Waals surface area contributed by atoms with E-state index in [0.29, 0.717) is 24.3 Å². The molecule has 5 nitrogen and oxygen atoms in total. The van der Waals surface area contributed by atoms with Gasteiger partial charge < -0.3 is 10.2 Å². The van der Waals surface area contributed by atoms with Crippen molar-refractivity contribution in [3.05, 3.63) is 66.2 Å². The molecule has 33 heavy (non-hydrogen) atoms. The van der Waals surface area contributed by atoms with Crippen LogP contribution in [0.3, 0.4) is 0 Å². The lowest BCUT2D eigenvalue weighted by atomic mass is 9.69. The lowest BCUT2D eigenvalue weighted by Gasteiger charge is -2.57. The van der Waals surface area contributed by atoms with Gasteiger partial charge in [0.15, 0.2) is 0 Å². The summed E-state index contributed by atoms with van der Waals surface area (Å²) in [5.74, 6) is 1.31. The quantitative estimate of drug-likeness (QED) is 0.694. The molecule has 4 atom stereocenters. The number of likely N-dealkylation sites (tertiary alicyclic amines) is 1. The maximum Gasteiger partial charge on any atom is 0.254 e. The molecule has 1 N–H and O–H groups in total. The van der Waals surface area contributed by atoms with Crippen molar-refractivity contribution < 1.29 is 9.59 Å². The van der Waals surface area contributed by atoms with Gasteiger partial charge in [-0.3, -0.25) is 14.5 Å². The van der Waals surface area contributed by atoms with Gasteiger partial charge in [0, 0.05) is 36.3 Å². The minimum absolute atomic E-state index is 0.0544. The van der Waals surface area contributed by atoms with E-state index in [2.05, 4.69) is 15.1 Å². The molecule has 3 fully saturated rings. The smallest absolute Gasteiger partial charge is 0.254 e. The molecule has 5 rings (SSSR count). The van der Waals surface area contributed by atoms with E-state index in [1.165, 1.54) is 38.8 Å². The number of nitrogens with one attached hydrogen (secondary N) is 1. The number of nitrogens with zero attached hydrogens (tertiary/aromatic N) is 2. The monoisotopic (exact) mass is 445 g/mol. The van der Waals surface area contributed by atoms with Crippen LogP contribution >= 0.6 is 0 Å². The van der Waals surface area contributed by atoms with Gasteiger partial charge in [-0.1, -0.05) is 36.4 Å². The average molecular weight is 446 g/mol. The molecule has 0 unspecified atom stereocenters. The SMILES string of the molecule is O=C(CCC[C@@H]1[C@H]2CCCN3CCC[C@@H](CN1C(=O)c1ccccc1)[C@@H]23)Nc1ccccc1. The summed E-state index contributed by atoms with van der Waals surface area (Å²) in [5.41, 5.74) is 1.63. The predicted octanol–water partition coefficient (Wildman–Crippen LogP) is 4.81. The third kappa shape index (κ3) is 4.84. The van der Waals surface area contributed by atoms with Crippen LogP contribution in [0.4, 0.5) is 5.69 Å². The molecule has 0 aromatic heterocycles. The molecule has 0 bridgehead atoms. The zero-order valence-corrected chi connectivity index (χ0v) is 19.4. The van der Waals surface area contributed by atoms with E-state index in [-0.39, 0.29) is 17.9 Å². The van der Waals surface area contributed by atoms with Gasteiger partial charge >= 0.3 is 0 Å². The number of hydrogen-bond donors (Lipinski definition) is 1. The van der Waals surface area contributed by atoms with Gasteiger partial charge in [-0.25, -0.2) is 0 Å². The molecule has 5 heteroatoms. The Kier molecular flexibility index (Phi) is 6.77. The Morgan fingerprint density at radius 2 is 1.61 bits per heavy atom. The van der Waals surface area contributed by atoms with Crippen LogP contribution in [0, 0.1) is 11.8 Å². The Morgan fingerprint density at radius 1 is 0.909 bits per heavy atom. The molecule has 0 spiro atoms. The Balaban J connectivity index is 1.31. The first-order chi connectivity index (χ1) is 16.2. The van der Waals surface area contributed by atoms with Crippen LogP contribution in [0.25, 0.3) is 0 Å². The second-order valence-corrected chi connectivity index (χ2v) is 9.93. The second kappa shape index (κ2) is 10.1. The summed E-state index contributed by atoms with van der Waals surface area (Å²) in [6.45, 7) is 3.26. The number of para-hydroxylation sites is 1. The predicted molar refractivity (Wildman–Crippen MR) is 131 cm³/mol. The zero-order valence-electron chi connectivity index (χ0n) is 19.4. The van der Waals surface area contributed by atoms with E-state index >= 15 is 0 Å². The summed E-state index contributed by atoms with van der Waals surface area (Å²) < 4.78 is 0. The van der Waals surface area contributed by atoms with Gasteiger partial charge in [-0.15, -0.1) is 0 Å². The standard InChI is InChI=1S/C28H35N3O2/c32-26(29-23-13-5-2-6-14-23)17-7-16-25-24-15-9-19-30-18-8-12-22(27(24)30)20-31(25)28(33)21-10-3-1-4-11-21/h1-6,10-11,13-14,22,24-25,27H,7-9,12,15-20H2,(H,29,32)/t22-,24+,25+,27-/m0/s1. The lowest BCUT2D eigenvalue weighted by Crippen LogP contribution is -2.65. The number of carbonyl (C=O) groups excluding carboxylic acids is 2. The number of piperidine rings is 3. The van der Waals surface area contributed by atoms with Crippen LogP contribution in [0.1, 0.15) is 55.3 Å². The highest BCUT2D eigenvalue weighted by atomic mass is 16.2. The second-order valence-electron chi connectivity index (χ2n) is 9.93. The number of anilines is 1. The number of benzene rings is 2. The third-order valence-corrected chi connectivity index (χ3v) is 7.91. The molecule has 3 aliphatic heterocycles. The number of hydrogen-bond acceptors (Lipinski definition) is 3. The Hall–Kier alpha value is -2.66. The molecule has 2 amide bonds. The molecule has 174 valence electrons. The van der Waals surface area contributed by atoms with E-state index in [9.17, 15) is 9.59 Å². The topological polar surface area (TPSA) is 52.7 Å². The van der Waals surface area contributed by atoms with Gasteiger partial charge in [0.05, 0.1) is 0 Å². The van der Waals surface area contributed by atoms with Crippen LogP contribution in [-0.2, 0) is 4.79 Å². The van der Waals surface area contributed by atoms with Crippen molar-refractivity contribution in [2.45, 2.75) is 57.0 Å². The van der Waals surface area contributed by atoms with Crippen molar-refractivity contribution in [1.29, 1.82) is 0 Å². The molecule has 0 aliphatic carbocycles. The third-order valence-electron chi connectivity index (χ3n) is 7.91. The summed E-state index contributed by atoms with van der Waals surface area (Å²) in [4.78, 5) is 31.0. The molecular formula is C28H35N3O2. The number of amides is 2. The van der Waals surface area contributed by atoms with Crippen LogP contribution < -0.4 is 5.32 Å². The average Bonchev–Trinajstić information content (AvgIpc) is 2.86. The van der Waals surface area contributed by atoms with E-state index in [1.807, 2.05) is 60.7 Å². The van der Waals surface area contributed by atoms with Crippen molar-refractivity contribution in [1.82, 2.24) is 9.80 Å². The van der Waals surface area contributed by atoms with Gasteiger partial charge in [-0.2, -0.15) is 0 Å². The Morgan fingerprint density at radius 3 is 2.36 bits per heavy atom. The molecular weight excluding hydrogens is 410 g/mol. The Bertz CT molecular complexity index is 946. The Labute approximate surface area is 197 Å². The fourth-order valence-corrected chi connectivity index (χ4v) is 6.56. The van der Waals surface area contributed by atoms with E-state index in [1.54, 1.807) is 0 Å². The molecule has 2 aromatic carbocycles. The first-order valence-corrected chi connectivity index (χ1v) is 12.7. The largest absolute Gasteiger partial charge is 0.335 e. The lowest BCUT2D eigenvalue weighted by molar-refractivity contribution is -0.116. The summed E-state index contributed by atoms with van der Waals surface area (Å²) in [7, 11) is 0. The highest BCUT2D eigenvalue weighted by molar-refractivity contribution is 5.94. The van der Waals surface area contributed by atoms with E-state index in [0.717, 1.165) is 30.6 Å². The summed E-state index contributed by atoms with van der Waals surface area (Å²) in [6, 6.07) is 20.2.